The first-order chi connectivity index (χ1) is 13.0. The number of likely N-dealkylation sites (tertiary alicyclic amines) is 1. The smallest absolute Gasteiger partial charge is 0.255 e. The van der Waals surface area contributed by atoms with E-state index in [1.165, 1.54) is 12.3 Å². The number of hydrogen-bond donors (Lipinski definition) is 1. The van der Waals surface area contributed by atoms with Gasteiger partial charge in [-0.3, -0.25) is 14.6 Å². The minimum absolute atomic E-state index is 0.0213. The van der Waals surface area contributed by atoms with Crippen LogP contribution in [0.25, 0.3) is 11.3 Å². The molecule has 0 atom stereocenters. The van der Waals surface area contributed by atoms with E-state index < -0.39 is 5.82 Å². The Morgan fingerprint density at radius 3 is 2.52 bits per heavy atom. The lowest BCUT2D eigenvalue weighted by Crippen LogP contribution is -2.27. The highest BCUT2D eigenvalue weighted by Crippen LogP contribution is 2.27. The van der Waals surface area contributed by atoms with Gasteiger partial charge in [0, 0.05) is 36.5 Å². The van der Waals surface area contributed by atoms with Gasteiger partial charge in [-0.1, -0.05) is 0 Å². The molecule has 2 heterocycles. The third-order valence-corrected chi connectivity index (χ3v) is 5.20. The van der Waals surface area contributed by atoms with Crippen LogP contribution in [-0.4, -0.2) is 40.8 Å². The normalized spacial score (nSPS) is 16.4. The number of amides is 2. The fourth-order valence-corrected chi connectivity index (χ4v) is 3.35. The van der Waals surface area contributed by atoms with Crippen molar-refractivity contribution >= 4 is 11.8 Å². The molecule has 6 heteroatoms. The van der Waals surface area contributed by atoms with Gasteiger partial charge in [-0.05, 0) is 62.4 Å². The van der Waals surface area contributed by atoms with Crippen LogP contribution in [0, 0.1) is 12.7 Å². The molecule has 0 radical (unpaired) electrons. The van der Waals surface area contributed by atoms with E-state index in [0.29, 0.717) is 27.9 Å². The van der Waals surface area contributed by atoms with E-state index in [-0.39, 0.29) is 17.9 Å². The van der Waals surface area contributed by atoms with Crippen LogP contribution < -0.4 is 5.32 Å². The van der Waals surface area contributed by atoms with Gasteiger partial charge in [0.2, 0.25) is 0 Å². The summed E-state index contributed by atoms with van der Waals surface area (Å²) < 4.78 is 14.4. The Bertz CT molecular complexity index is 885. The summed E-state index contributed by atoms with van der Waals surface area (Å²) in [6, 6.07) is 6.58. The Hall–Kier alpha value is -2.76. The number of nitrogens with one attached hydrogen (secondary N) is 1. The molecule has 140 valence electrons. The van der Waals surface area contributed by atoms with E-state index in [4.69, 9.17) is 0 Å². The second-order valence-corrected chi connectivity index (χ2v) is 7.31. The lowest BCUT2D eigenvalue weighted by molar-refractivity contribution is 0.0792. The van der Waals surface area contributed by atoms with Crippen LogP contribution in [0.3, 0.4) is 0 Å². The Kier molecular flexibility index (Phi) is 4.64. The molecule has 1 aliphatic carbocycles. The topological polar surface area (TPSA) is 62.3 Å². The molecule has 0 unspecified atom stereocenters. The SMILES string of the molecule is Cc1c(F)cc(C(=O)NC2CC2)cc1-c1ccc(C(=O)N2CCCC2)cn1. The van der Waals surface area contributed by atoms with Crippen molar-refractivity contribution in [1.29, 1.82) is 0 Å². The Balaban J connectivity index is 1.60. The first-order valence-electron chi connectivity index (χ1n) is 9.39. The highest BCUT2D eigenvalue weighted by atomic mass is 19.1. The first kappa shape index (κ1) is 17.6. The van der Waals surface area contributed by atoms with Crippen molar-refractivity contribution in [2.75, 3.05) is 13.1 Å². The molecule has 1 aromatic heterocycles. The molecule has 2 fully saturated rings. The molecule has 1 aromatic carbocycles. The summed E-state index contributed by atoms with van der Waals surface area (Å²) in [7, 11) is 0. The predicted octanol–water partition coefficient (Wildman–Crippen LogP) is 3.32. The molecule has 4 rings (SSSR count). The van der Waals surface area contributed by atoms with E-state index in [9.17, 15) is 14.0 Å². The number of pyridine rings is 1. The van der Waals surface area contributed by atoms with Gasteiger partial charge in [-0.25, -0.2) is 4.39 Å². The molecule has 0 spiro atoms. The standard InChI is InChI=1S/C21H22FN3O2/c1-13-17(10-15(11-18(13)22)20(26)24-16-5-6-16)19-7-4-14(12-23-19)21(27)25-8-2-3-9-25/h4,7,10-12,16H,2-3,5-6,8-9H2,1H3,(H,24,26). The number of aromatic nitrogens is 1. The molecule has 27 heavy (non-hydrogen) atoms. The lowest BCUT2D eigenvalue weighted by Gasteiger charge is -2.15. The largest absolute Gasteiger partial charge is 0.349 e. The number of carbonyl (C=O) groups is 2. The number of halogens is 1. The van der Waals surface area contributed by atoms with Crippen molar-refractivity contribution in [1.82, 2.24) is 15.2 Å². The molecular formula is C21H22FN3O2. The number of benzene rings is 1. The van der Waals surface area contributed by atoms with Crippen molar-refractivity contribution in [3.05, 3.63) is 53.0 Å². The molecule has 2 amide bonds. The lowest BCUT2D eigenvalue weighted by atomic mass is 10.00. The summed E-state index contributed by atoms with van der Waals surface area (Å²) in [5.41, 5.74) is 2.37. The molecule has 5 nitrogen and oxygen atoms in total. The maximum Gasteiger partial charge on any atom is 0.255 e. The zero-order valence-corrected chi connectivity index (χ0v) is 15.3. The van der Waals surface area contributed by atoms with E-state index in [2.05, 4.69) is 10.3 Å². The number of nitrogens with zero attached hydrogens (tertiary/aromatic N) is 2. The molecule has 1 aliphatic heterocycles. The van der Waals surface area contributed by atoms with Gasteiger partial charge in [0.1, 0.15) is 5.82 Å². The van der Waals surface area contributed by atoms with Gasteiger partial charge < -0.3 is 10.2 Å². The van der Waals surface area contributed by atoms with Crippen LogP contribution in [0.15, 0.2) is 30.5 Å². The van der Waals surface area contributed by atoms with Gasteiger partial charge >= 0.3 is 0 Å². The van der Waals surface area contributed by atoms with Crippen LogP contribution in [0.5, 0.6) is 0 Å². The Morgan fingerprint density at radius 2 is 1.89 bits per heavy atom. The number of hydrogen-bond acceptors (Lipinski definition) is 3. The van der Waals surface area contributed by atoms with Crippen molar-refractivity contribution in [3.63, 3.8) is 0 Å². The third kappa shape index (κ3) is 3.70. The summed E-state index contributed by atoms with van der Waals surface area (Å²) in [5, 5.41) is 2.87. The average Bonchev–Trinajstić information content (AvgIpc) is 3.32. The van der Waals surface area contributed by atoms with Gasteiger partial charge in [0.25, 0.3) is 11.8 Å². The zero-order chi connectivity index (χ0) is 19.0. The summed E-state index contributed by atoms with van der Waals surface area (Å²) in [6.07, 6.45) is 5.54. The maximum absolute atomic E-state index is 14.4. The summed E-state index contributed by atoms with van der Waals surface area (Å²) >= 11 is 0. The van der Waals surface area contributed by atoms with Crippen molar-refractivity contribution in [2.24, 2.45) is 0 Å². The summed E-state index contributed by atoms with van der Waals surface area (Å²) in [4.78, 5) is 30.9. The first-order valence-corrected chi connectivity index (χ1v) is 9.39. The van der Waals surface area contributed by atoms with Gasteiger partial charge in [-0.2, -0.15) is 0 Å². The minimum atomic E-state index is -0.438. The highest BCUT2D eigenvalue weighted by molar-refractivity contribution is 5.96. The van der Waals surface area contributed by atoms with Crippen LogP contribution in [-0.2, 0) is 0 Å². The molecular weight excluding hydrogens is 345 g/mol. The summed E-state index contributed by atoms with van der Waals surface area (Å²) in [5.74, 6) is -0.724. The van der Waals surface area contributed by atoms with E-state index in [0.717, 1.165) is 38.8 Å². The maximum atomic E-state index is 14.4. The van der Waals surface area contributed by atoms with Crippen LogP contribution in [0.2, 0.25) is 0 Å². The highest BCUT2D eigenvalue weighted by Gasteiger charge is 2.25. The van der Waals surface area contributed by atoms with Gasteiger partial charge in [0.15, 0.2) is 0 Å². The van der Waals surface area contributed by atoms with Gasteiger partial charge in [0.05, 0.1) is 11.3 Å². The third-order valence-electron chi connectivity index (χ3n) is 5.20. The second-order valence-electron chi connectivity index (χ2n) is 7.31. The van der Waals surface area contributed by atoms with E-state index in [1.54, 1.807) is 25.1 Å². The Labute approximate surface area is 157 Å². The van der Waals surface area contributed by atoms with E-state index >= 15 is 0 Å². The molecule has 2 aliphatic rings. The van der Waals surface area contributed by atoms with Crippen LogP contribution >= 0.6 is 0 Å². The molecule has 1 N–H and O–H groups in total. The van der Waals surface area contributed by atoms with E-state index in [1.807, 2.05) is 4.90 Å². The fourth-order valence-electron chi connectivity index (χ4n) is 3.35. The van der Waals surface area contributed by atoms with Crippen LogP contribution in [0.4, 0.5) is 4.39 Å². The monoisotopic (exact) mass is 367 g/mol. The zero-order valence-electron chi connectivity index (χ0n) is 15.3. The van der Waals surface area contributed by atoms with Crippen molar-refractivity contribution in [3.8, 4) is 11.3 Å². The number of rotatable bonds is 4. The molecule has 1 saturated heterocycles. The quantitative estimate of drug-likeness (QED) is 0.902. The minimum Gasteiger partial charge on any atom is -0.349 e. The Morgan fingerprint density at radius 1 is 1.15 bits per heavy atom. The average molecular weight is 367 g/mol. The van der Waals surface area contributed by atoms with Crippen molar-refractivity contribution < 1.29 is 14.0 Å². The fraction of sp³-hybridized carbons (Fsp3) is 0.381. The molecule has 2 aromatic rings. The summed E-state index contributed by atoms with van der Waals surface area (Å²) in [6.45, 7) is 3.23. The second kappa shape index (κ2) is 7.10. The van der Waals surface area contributed by atoms with Crippen molar-refractivity contribution in [2.45, 2.75) is 38.6 Å². The van der Waals surface area contributed by atoms with Crippen LogP contribution in [0.1, 0.15) is 52.0 Å². The predicted molar refractivity (Wildman–Crippen MR) is 100.0 cm³/mol. The molecule has 1 saturated carbocycles. The number of carbonyl (C=O) groups excluding carboxylic acids is 2. The van der Waals surface area contributed by atoms with Gasteiger partial charge in [-0.15, -0.1) is 0 Å². The molecule has 0 bridgehead atoms.